The number of aliphatic imine (C=N–C) groups is 1. The van der Waals surface area contributed by atoms with Gasteiger partial charge in [-0.15, -0.1) is 0 Å². The topological polar surface area (TPSA) is 186 Å². The van der Waals surface area contributed by atoms with Crippen LogP contribution in [0.1, 0.15) is 33.1 Å². The molecule has 0 fully saturated rings. The summed E-state index contributed by atoms with van der Waals surface area (Å²) in [5, 5.41) is 33.0. The van der Waals surface area contributed by atoms with Gasteiger partial charge in [-0.2, -0.15) is 10.5 Å². The van der Waals surface area contributed by atoms with E-state index >= 15 is 0 Å². The van der Waals surface area contributed by atoms with Crippen LogP contribution < -0.4 is 22.1 Å². The van der Waals surface area contributed by atoms with Crippen molar-refractivity contribution in [1.82, 2.24) is 10.3 Å². The van der Waals surface area contributed by atoms with E-state index in [-0.39, 0.29) is 33.6 Å². The fraction of sp³-hybridized carbons (Fsp3) is 0.0455. The van der Waals surface area contributed by atoms with Crippen molar-refractivity contribution in [1.29, 1.82) is 10.5 Å². The number of carbonyl (C=O) groups is 1. The molecule has 0 spiro atoms. The largest absolute Gasteiger partial charge is 0.478 e. The number of aromatic carboxylic acids is 1. The maximum atomic E-state index is 11.2. The molecule has 2 aromatic carbocycles. The Hall–Kier alpha value is -4.80. The first kappa shape index (κ1) is 21.4. The normalized spacial score (nSPS) is 14.2. The molecule has 0 saturated carbocycles. The number of nitrogens with one attached hydrogen (secondary N) is 2. The van der Waals surface area contributed by atoms with Gasteiger partial charge in [0.1, 0.15) is 29.3 Å². The molecule has 0 bridgehead atoms. The molecule has 1 aliphatic rings. The van der Waals surface area contributed by atoms with E-state index in [4.69, 9.17) is 33.4 Å². The summed E-state index contributed by atoms with van der Waals surface area (Å²) in [4.78, 5) is 19.9. The lowest BCUT2D eigenvalue weighted by atomic mass is 9.93. The Morgan fingerprint density at radius 1 is 1.15 bits per heavy atom. The smallest absolute Gasteiger partial charge is 0.337 e. The minimum atomic E-state index is -1.10. The van der Waals surface area contributed by atoms with Crippen molar-refractivity contribution < 1.29 is 9.90 Å². The Bertz CT molecular complexity index is 1400. The highest BCUT2D eigenvalue weighted by Crippen LogP contribution is 2.40. The lowest BCUT2D eigenvalue weighted by Crippen LogP contribution is -2.32. The molecule has 1 aromatic heterocycles. The first-order valence-corrected chi connectivity index (χ1v) is 9.84. The van der Waals surface area contributed by atoms with Crippen LogP contribution in [0.25, 0.3) is 11.1 Å². The number of hydrogen-bond donors (Lipinski definition) is 5. The van der Waals surface area contributed by atoms with Crippen molar-refractivity contribution in [3.8, 4) is 23.4 Å². The highest BCUT2D eigenvalue weighted by Gasteiger charge is 2.29. The molecule has 2 heterocycles. The van der Waals surface area contributed by atoms with Gasteiger partial charge in [0.25, 0.3) is 0 Å². The van der Waals surface area contributed by atoms with Crippen molar-refractivity contribution in [3.05, 3.63) is 69.7 Å². The van der Waals surface area contributed by atoms with Crippen LogP contribution in [0.5, 0.6) is 0 Å². The molecule has 0 saturated heterocycles. The Morgan fingerprint density at radius 2 is 1.85 bits per heavy atom. The summed E-state index contributed by atoms with van der Waals surface area (Å²) in [6.45, 7) is 0. The summed E-state index contributed by atoms with van der Waals surface area (Å²) in [5.74, 6) is -0.682. The van der Waals surface area contributed by atoms with Crippen LogP contribution in [0.2, 0.25) is 5.02 Å². The van der Waals surface area contributed by atoms with Gasteiger partial charge in [-0.05, 0) is 28.8 Å². The van der Waals surface area contributed by atoms with E-state index in [0.29, 0.717) is 16.9 Å². The van der Waals surface area contributed by atoms with Crippen molar-refractivity contribution >= 4 is 40.9 Å². The number of nitrogens with zero attached hydrogens (tertiary/aromatic N) is 4. The molecule has 10 nitrogen and oxygen atoms in total. The molecule has 1 atom stereocenters. The third-order valence-electron chi connectivity index (χ3n) is 5.12. The van der Waals surface area contributed by atoms with Crippen LogP contribution >= 0.6 is 11.6 Å². The molecule has 11 heteroatoms. The lowest BCUT2D eigenvalue weighted by Gasteiger charge is -2.26. The van der Waals surface area contributed by atoms with Crippen LogP contribution in [0.15, 0.2) is 47.5 Å². The Labute approximate surface area is 192 Å². The second kappa shape index (κ2) is 8.38. The minimum absolute atomic E-state index is 0.0192. The van der Waals surface area contributed by atoms with Gasteiger partial charge in [0.05, 0.1) is 16.3 Å². The zero-order valence-electron chi connectivity index (χ0n) is 16.8. The van der Waals surface area contributed by atoms with Crippen molar-refractivity contribution in [2.24, 2.45) is 4.99 Å². The number of benzene rings is 2. The zero-order chi connectivity index (χ0) is 23.7. The fourth-order valence-corrected chi connectivity index (χ4v) is 3.81. The van der Waals surface area contributed by atoms with Crippen molar-refractivity contribution in [2.75, 3.05) is 16.8 Å². The zero-order valence-corrected chi connectivity index (χ0v) is 17.6. The number of anilines is 3. The summed E-state index contributed by atoms with van der Waals surface area (Å²) in [7, 11) is 0. The first-order valence-electron chi connectivity index (χ1n) is 9.46. The Morgan fingerprint density at radius 3 is 2.45 bits per heavy atom. The number of hydrogen-bond acceptors (Lipinski definition) is 9. The third-order valence-corrected chi connectivity index (χ3v) is 5.43. The number of pyridine rings is 1. The molecular formula is C22H15ClN8O2. The second-order valence-electron chi connectivity index (χ2n) is 7.02. The fourth-order valence-electron chi connectivity index (χ4n) is 3.55. The van der Waals surface area contributed by atoms with Crippen LogP contribution in [0.4, 0.5) is 17.3 Å². The molecule has 162 valence electrons. The number of nitriles is 2. The summed E-state index contributed by atoms with van der Waals surface area (Å²) >= 11 is 6.09. The predicted octanol–water partition coefficient (Wildman–Crippen LogP) is 3.08. The van der Waals surface area contributed by atoms with E-state index < -0.39 is 12.0 Å². The molecular weight excluding hydrogens is 444 g/mol. The molecule has 7 N–H and O–H groups in total. The number of rotatable bonds is 3. The van der Waals surface area contributed by atoms with E-state index in [0.717, 1.165) is 11.1 Å². The summed E-state index contributed by atoms with van der Waals surface area (Å²) in [5.41, 5.74) is 15.0. The first-order chi connectivity index (χ1) is 15.8. The van der Waals surface area contributed by atoms with E-state index in [1.54, 1.807) is 18.3 Å². The van der Waals surface area contributed by atoms with Gasteiger partial charge in [0, 0.05) is 5.56 Å². The molecule has 3 aromatic rings. The molecule has 4 rings (SSSR count). The summed E-state index contributed by atoms with van der Waals surface area (Å²) in [6.07, 6.45) is 1.80. The van der Waals surface area contributed by atoms with E-state index in [1.165, 1.54) is 6.07 Å². The lowest BCUT2D eigenvalue weighted by molar-refractivity contribution is 0.0697. The van der Waals surface area contributed by atoms with Gasteiger partial charge >= 0.3 is 5.97 Å². The van der Waals surface area contributed by atoms with Crippen molar-refractivity contribution in [2.45, 2.75) is 6.04 Å². The SMILES string of the molecule is N#CNC1=NC(c2ccc(-c3ccc(C(=O)O)c(Cl)c3)cc2)c2c(nc(N)c(C#N)c2N)N1. The quantitative estimate of drug-likeness (QED) is 0.290. The molecule has 0 radical (unpaired) electrons. The molecule has 1 aliphatic heterocycles. The highest BCUT2D eigenvalue weighted by molar-refractivity contribution is 6.33. The second-order valence-corrected chi connectivity index (χ2v) is 7.43. The average Bonchev–Trinajstić information content (AvgIpc) is 2.78. The van der Waals surface area contributed by atoms with Crippen LogP contribution in [-0.2, 0) is 0 Å². The van der Waals surface area contributed by atoms with Gasteiger partial charge < -0.3 is 21.9 Å². The van der Waals surface area contributed by atoms with Gasteiger partial charge in [-0.3, -0.25) is 5.32 Å². The number of carboxylic acid groups (broad SMARTS) is 1. The van der Waals surface area contributed by atoms with Crippen LogP contribution in [0, 0.1) is 22.8 Å². The summed E-state index contributed by atoms with van der Waals surface area (Å²) < 4.78 is 0. The van der Waals surface area contributed by atoms with Gasteiger partial charge in [-0.1, -0.05) is 41.9 Å². The number of nitrogen functional groups attached to an aromatic ring is 2. The van der Waals surface area contributed by atoms with Crippen molar-refractivity contribution in [3.63, 3.8) is 0 Å². The van der Waals surface area contributed by atoms with E-state index in [2.05, 4.69) is 20.6 Å². The summed E-state index contributed by atoms with van der Waals surface area (Å²) in [6, 6.07) is 13.3. The van der Waals surface area contributed by atoms with Crippen LogP contribution in [0.3, 0.4) is 0 Å². The number of carboxylic acids is 1. The maximum absolute atomic E-state index is 11.2. The molecule has 0 amide bonds. The van der Waals surface area contributed by atoms with E-state index in [9.17, 15) is 10.1 Å². The Balaban J connectivity index is 1.78. The highest BCUT2D eigenvalue weighted by atomic mass is 35.5. The molecule has 0 aliphatic carbocycles. The monoisotopic (exact) mass is 458 g/mol. The standard InChI is InChI=1S/C22H15ClN8O2/c23-15-7-12(5-6-13(15)21(32)33)10-1-3-11(4-2-10)18-16-17(26)14(8-24)19(27)30-20(16)31-22(29-18)28-9-25/h1-7,18H,(H,32,33)(H6,26,27,28,29,30,31). The number of guanidine groups is 1. The van der Waals surface area contributed by atoms with E-state index in [1.807, 2.05) is 30.3 Å². The number of nitrogens with two attached hydrogens (primary N) is 2. The van der Waals surface area contributed by atoms with Gasteiger partial charge in [0.2, 0.25) is 5.96 Å². The van der Waals surface area contributed by atoms with Gasteiger partial charge in [0.15, 0.2) is 6.19 Å². The number of fused-ring (bicyclic) bond motifs is 1. The number of aromatic nitrogens is 1. The maximum Gasteiger partial charge on any atom is 0.337 e. The van der Waals surface area contributed by atoms with Gasteiger partial charge in [-0.25, -0.2) is 14.8 Å². The Kier molecular flexibility index (Phi) is 5.44. The third kappa shape index (κ3) is 3.83. The average molecular weight is 459 g/mol. The van der Waals surface area contributed by atoms with Crippen LogP contribution in [-0.4, -0.2) is 22.0 Å². The molecule has 1 unspecified atom stereocenters. The predicted molar refractivity (Wildman–Crippen MR) is 123 cm³/mol. The minimum Gasteiger partial charge on any atom is -0.478 e. The number of halogens is 1. The molecule has 33 heavy (non-hydrogen) atoms.